The minimum Gasteiger partial charge on any atom is -0.0646 e. The van der Waals surface area contributed by atoms with Crippen LogP contribution in [0.2, 0.25) is 0 Å². The lowest BCUT2D eigenvalue weighted by atomic mass is 9.75. The van der Waals surface area contributed by atoms with Crippen LogP contribution in [0, 0.1) is 12.1 Å². The predicted octanol–water partition coefficient (Wildman–Crippen LogP) is 12.0. The lowest BCUT2D eigenvalue weighted by Crippen LogP contribution is -2.18. The fourth-order valence-corrected chi connectivity index (χ4v) is 5.36. The number of rotatable bonds is 9. The molecule has 0 amide bonds. The van der Waals surface area contributed by atoms with Crippen molar-refractivity contribution in [3.63, 3.8) is 0 Å². The Hall–Kier alpha value is -2.60. The quantitative estimate of drug-likeness (QED) is 0.201. The summed E-state index contributed by atoms with van der Waals surface area (Å²) in [5.74, 6) is 0. The molecule has 4 aromatic rings. The van der Waals surface area contributed by atoms with Gasteiger partial charge >= 0.3 is 0 Å². The Bertz CT molecular complexity index is 1400. The second-order valence-corrected chi connectivity index (χ2v) is 14.7. The van der Waals surface area contributed by atoms with Crippen LogP contribution < -0.4 is 0 Å². The lowest BCUT2D eigenvalue weighted by Gasteiger charge is -2.28. The summed E-state index contributed by atoms with van der Waals surface area (Å²) in [6, 6.07) is 27.0. The third-order valence-electron chi connectivity index (χ3n) is 10.6. The van der Waals surface area contributed by atoms with Gasteiger partial charge in [-0.3, -0.25) is 0 Å². The second-order valence-electron chi connectivity index (χ2n) is 14.7. The van der Waals surface area contributed by atoms with E-state index in [1.54, 1.807) is 0 Å². The van der Waals surface area contributed by atoms with Crippen LogP contribution in [0.3, 0.4) is 0 Å². The van der Waals surface area contributed by atoms with Crippen molar-refractivity contribution in [2.24, 2.45) is 0 Å². The van der Waals surface area contributed by atoms with E-state index in [0.717, 1.165) is 25.7 Å². The zero-order chi connectivity index (χ0) is 29.7. The summed E-state index contributed by atoms with van der Waals surface area (Å²) in [4.78, 5) is 0. The van der Waals surface area contributed by atoms with Gasteiger partial charge in [0.25, 0.3) is 0 Å². The Labute approximate surface area is 245 Å². The first-order valence-corrected chi connectivity index (χ1v) is 15.6. The highest BCUT2D eigenvalue weighted by atomic mass is 14.3. The van der Waals surface area contributed by atoms with Crippen molar-refractivity contribution >= 4 is 21.5 Å². The average Bonchev–Trinajstić information content (AvgIpc) is 2.95. The molecule has 0 aliphatic heterocycles. The maximum Gasteiger partial charge on any atom is -0.00109 e. The van der Waals surface area contributed by atoms with Gasteiger partial charge in [-0.25, -0.2) is 0 Å². The molecule has 212 valence electrons. The Kier molecular flexibility index (Phi) is 8.09. The van der Waals surface area contributed by atoms with E-state index >= 15 is 0 Å². The summed E-state index contributed by atoms with van der Waals surface area (Å²) in [6.45, 7) is 28.0. The van der Waals surface area contributed by atoms with E-state index in [1.807, 2.05) is 0 Å². The topological polar surface area (TPSA) is 0 Å². The summed E-state index contributed by atoms with van der Waals surface area (Å²) in [7, 11) is 0. The minimum absolute atomic E-state index is 0.0354. The van der Waals surface area contributed by atoms with Gasteiger partial charge in [-0.1, -0.05) is 119 Å². The van der Waals surface area contributed by atoms with E-state index in [-0.39, 0.29) is 21.7 Å². The number of fused-ring (bicyclic) bond motifs is 2. The van der Waals surface area contributed by atoms with Crippen LogP contribution in [0.15, 0.2) is 48.5 Å². The number of hydrogen-bond donors (Lipinski definition) is 0. The van der Waals surface area contributed by atoms with Crippen molar-refractivity contribution < 1.29 is 0 Å². The summed E-state index contributed by atoms with van der Waals surface area (Å²) >= 11 is 0. The molecule has 0 N–H and O–H groups in total. The van der Waals surface area contributed by atoms with Gasteiger partial charge in [-0.05, 0) is 127 Å². The van der Waals surface area contributed by atoms with Crippen molar-refractivity contribution in [3.05, 3.63) is 82.9 Å². The van der Waals surface area contributed by atoms with Gasteiger partial charge in [0.05, 0.1) is 0 Å². The second kappa shape index (κ2) is 10.7. The molecule has 0 atom stereocenters. The predicted molar refractivity (Wildman–Crippen MR) is 178 cm³/mol. The molecule has 0 nitrogen and oxygen atoms in total. The normalized spacial score (nSPS) is 13.4. The van der Waals surface area contributed by atoms with Crippen LogP contribution in [0.5, 0.6) is 0 Å². The Morgan fingerprint density at radius 2 is 0.775 bits per heavy atom. The highest BCUT2D eigenvalue weighted by Crippen LogP contribution is 2.43. The maximum atomic E-state index is 3.98. The summed E-state index contributed by atoms with van der Waals surface area (Å²) in [5, 5.41) is 5.17. The van der Waals surface area contributed by atoms with E-state index in [1.165, 1.54) is 54.9 Å². The Morgan fingerprint density at radius 3 is 1.07 bits per heavy atom. The van der Waals surface area contributed by atoms with E-state index in [0.29, 0.717) is 0 Å². The van der Waals surface area contributed by atoms with Gasteiger partial charge < -0.3 is 0 Å². The first kappa shape index (κ1) is 30.4. The van der Waals surface area contributed by atoms with Crippen LogP contribution in [-0.2, 0) is 21.7 Å². The fraction of sp³-hybridized carbons (Fsp3) is 0.500. The van der Waals surface area contributed by atoms with Crippen LogP contribution in [0.25, 0.3) is 32.7 Å². The summed E-state index contributed by atoms with van der Waals surface area (Å²) in [6.07, 6.45) is 4.36. The van der Waals surface area contributed by atoms with Gasteiger partial charge in [0.15, 0.2) is 0 Å². The molecule has 0 aliphatic rings. The first-order valence-electron chi connectivity index (χ1n) is 15.6. The molecule has 0 heterocycles. The van der Waals surface area contributed by atoms with Crippen LogP contribution >= 0.6 is 0 Å². The molecule has 4 rings (SSSR count). The van der Waals surface area contributed by atoms with Gasteiger partial charge in [-0.2, -0.15) is 0 Å². The van der Waals surface area contributed by atoms with Gasteiger partial charge in [-0.15, -0.1) is 0 Å². The van der Waals surface area contributed by atoms with Crippen LogP contribution in [0.1, 0.15) is 131 Å². The molecule has 4 aromatic carbocycles. The smallest absolute Gasteiger partial charge is 0.00109 e. The zero-order valence-electron chi connectivity index (χ0n) is 27.4. The molecule has 2 radical (unpaired) electrons. The van der Waals surface area contributed by atoms with Crippen molar-refractivity contribution in [2.75, 3.05) is 0 Å². The Morgan fingerprint density at radius 1 is 0.450 bits per heavy atom. The van der Waals surface area contributed by atoms with Crippen LogP contribution in [-0.4, -0.2) is 0 Å². The summed E-state index contributed by atoms with van der Waals surface area (Å²) < 4.78 is 0. The molecular formula is C40H52. The Balaban J connectivity index is 2.14. The van der Waals surface area contributed by atoms with Crippen molar-refractivity contribution in [1.82, 2.24) is 0 Å². The SMILES string of the molecule is CCC(C)(C)c1[c]c(-c2[c]c(C(C)(C)CC)cc3cc(C(C)(C)CC)ccc23)c2ccc(C(C)(C)CC)cc2c1. The van der Waals surface area contributed by atoms with E-state index in [4.69, 9.17) is 0 Å². The van der Waals surface area contributed by atoms with Crippen LogP contribution in [0.4, 0.5) is 0 Å². The number of hydrogen-bond acceptors (Lipinski definition) is 0. The van der Waals surface area contributed by atoms with Gasteiger partial charge in [0, 0.05) is 0 Å². The third-order valence-corrected chi connectivity index (χ3v) is 10.6. The maximum absolute atomic E-state index is 3.98. The average molecular weight is 533 g/mol. The molecule has 0 aromatic heterocycles. The molecule has 40 heavy (non-hydrogen) atoms. The fourth-order valence-electron chi connectivity index (χ4n) is 5.36. The zero-order valence-corrected chi connectivity index (χ0v) is 27.4. The molecule has 0 saturated carbocycles. The molecule has 0 saturated heterocycles. The van der Waals surface area contributed by atoms with E-state index in [2.05, 4.69) is 144 Å². The van der Waals surface area contributed by atoms with Crippen molar-refractivity contribution in [3.8, 4) is 11.1 Å². The monoisotopic (exact) mass is 532 g/mol. The first-order chi connectivity index (χ1) is 18.6. The highest BCUT2D eigenvalue weighted by molar-refractivity contribution is 6.06. The molecule has 0 unspecified atom stereocenters. The summed E-state index contributed by atoms with van der Waals surface area (Å²) in [5.41, 5.74) is 8.11. The molecule has 0 bridgehead atoms. The molecule has 0 spiro atoms. The minimum atomic E-state index is 0.0354. The molecular weight excluding hydrogens is 480 g/mol. The molecule has 0 heteroatoms. The lowest BCUT2D eigenvalue weighted by molar-refractivity contribution is 0.504. The third kappa shape index (κ3) is 5.48. The van der Waals surface area contributed by atoms with Crippen molar-refractivity contribution in [2.45, 2.75) is 130 Å². The van der Waals surface area contributed by atoms with Gasteiger partial charge in [0.2, 0.25) is 0 Å². The van der Waals surface area contributed by atoms with Crippen molar-refractivity contribution in [1.29, 1.82) is 0 Å². The van der Waals surface area contributed by atoms with E-state index in [9.17, 15) is 0 Å². The largest absolute Gasteiger partial charge is 0.0646 e. The van der Waals surface area contributed by atoms with Gasteiger partial charge in [0.1, 0.15) is 0 Å². The highest BCUT2D eigenvalue weighted by Gasteiger charge is 2.26. The van der Waals surface area contributed by atoms with E-state index < -0.39 is 0 Å². The standard InChI is InChI=1S/C40H52/c1-13-37(5,6)29-17-19-33-27(21-29)23-31(39(9,10)15-3)25-35(33)36-26-32(40(11,12)16-4)24-28-22-30(18-20-34(28)36)38(7,8)14-2/h17-24H,13-16H2,1-12H3. The molecule has 0 aliphatic carbocycles. The molecule has 0 fully saturated rings. The number of benzene rings is 4.